The van der Waals surface area contributed by atoms with Gasteiger partial charge in [-0.15, -0.1) is 11.3 Å². The van der Waals surface area contributed by atoms with E-state index in [0.29, 0.717) is 0 Å². The normalized spacial score (nSPS) is 11.5. The molecular weight excluding hydrogens is 290 g/mol. The summed E-state index contributed by atoms with van der Waals surface area (Å²) < 4.78 is 5.53. The lowest BCUT2D eigenvalue weighted by Crippen LogP contribution is -2.00. The molecule has 3 heteroatoms. The summed E-state index contributed by atoms with van der Waals surface area (Å²) in [6, 6.07) is 20.4. The second-order valence-corrected chi connectivity index (χ2v) is 5.88. The van der Waals surface area contributed by atoms with Gasteiger partial charge in [0.05, 0.1) is 17.7 Å². The molecule has 0 unspecified atom stereocenters. The Balaban J connectivity index is 2.17. The summed E-state index contributed by atoms with van der Waals surface area (Å²) in [5.41, 5.74) is 4.02. The molecule has 0 aliphatic carbocycles. The van der Waals surface area contributed by atoms with E-state index in [1.807, 2.05) is 49.4 Å². The molecule has 0 amide bonds. The molecule has 2 nitrogen and oxygen atoms in total. The van der Waals surface area contributed by atoms with Crippen LogP contribution in [0, 0.1) is 6.92 Å². The maximum absolute atomic E-state index is 5.53. The highest BCUT2D eigenvalue weighted by molar-refractivity contribution is 7.12. The Hall–Kier alpha value is -2.39. The zero-order valence-corrected chi connectivity index (χ0v) is 13.4. The molecule has 0 N–H and O–H groups in total. The average molecular weight is 307 g/mol. The lowest BCUT2D eigenvalue weighted by atomic mass is 10.1. The van der Waals surface area contributed by atoms with Crippen LogP contribution in [-0.2, 0) is 0 Å². The monoisotopic (exact) mass is 307 g/mol. The number of aliphatic imine (C=N–C) groups is 1. The summed E-state index contributed by atoms with van der Waals surface area (Å²) in [4.78, 5) is 6.05. The topological polar surface area (TPSA) is 21.6 Å². The first-order chi connectivity index (χ1) is 10.8. The van der Waals surface area contributed by atoms with Gasteiger partial charge in [0.2, 0.25) is 0 Å². The van der Waals surface area contributed by atoms with Crippen LogP contribution >= 0.6 is 11.3 Å². The van der Waals surface area contributed by atoms with Crippen molar-refractivity contribution in [3.63, 3.8) is 0 Å². The van der Waals surface area contributed by atoms with Crippen LogP contribution in [0.15, 0.2) is 71.0 Å². The summed E-state index contributed by atoms with van der Waals surface area (Å²) >= 11 is 1.69. The summed E-state index contributed by atoms with van der Waals surface area (Å²) in [5.74, 6) is 0.826. The number of nitrogens with zero attached hydrogens (tertiary/aromatic N) is 1. The lowest BCUT2D eigenvalue weighted by Gasteiger charge is -2.10. The van der Waals surface area contributed by atoms with Gasteiger partial charge in [-0.25, -0.2) is 4.99 Å². The third-order valence-corrected chi connectivity index (χ3v) is 4.31. The van der Waals surface area contributed by atoms with E-state index in [1.54, 1.807) is 18.4 Å². The summed E-state index contributed by atoms with van der Waals surface area (Å²) in [5, 5.41) is 2.07. The van der Waals surface area contributed by atoms with Crippen LogP contribution in [0.3, 0.4) is 0 Å². The van der Waals surface area contributed by atoms with Crippen LogP contribution in [-0.4, -0.2) is 12.8 Å². The Bertz CT molecular complexity index is 776. The second kappa shape index (κ2) is 6.58. The maximum Gasteiger partial charge on any atom is 0.147 e. The highest BCUT2D eigenvalue weighted by Crippen LogP contribution is 2.32. The number of hydrogen-bond donors (Lipinski definition) is 0. The quantitative estimate of drug-likeness (QED) is 0.604. The van der Waals surface area contributed by atoms with Gasteiger partial charge in [-0.3, -0.25) is 0 Å². The van der Waals surface area contributed by atoms with Gasteiger partial charge < -0.3 is 4.74 Å². The van der Waals surface area contributed by atoms with E-state index in [9.17, 15) is 0 Å². The third-order valence-electron chi connectivity index (χ3n) is 3.43. The van der Waals surface area contributed by atoms with Gasteiger partial charge in [0, 0.05) is 5.56 Å². The van der Waals surface area contributed by atoms with Crippen LogP contribution in [0.2, 0.25) is 0 Å². The van der Waals surface area contributed by atoms with Gasteiger partial charge in [0.25, 0.3) is 0 Å². The van der Waals surface area contributed by atoms with E-state index in [4.69, 9.17) is 9.73 Å². The molecule has 110 valence electrons. The molecule has 1 heterocycles. The third kappa shape index (κ3) is 2.95. The Morgan fingerprint density at radius 3 is 2.45 bits per heavy atom. The molecule has 0 atom stereocenters. The van der Waals surface area contributed by atoms with Crippen molar-refractivity contribution in [1.82, 2.24) is 0 Å². The van der Waals surface area contributed by atoms with E-state index < -0.39 is 0 Å². The van der Waals surface area contributed by atoms with Gasteiger partial charge in [-0.05, 0) is 30.0 Å². The minimum Gasteiger partial charge on any atom is -0.494 e. The second-order valence-electron chi connectivity index (χ2n) is 4.93. The zero-order valence-electron chi connectivity index (χ0n) is 12.6. The van der Waals surface area contributed by atoms with Crippen molar-refractivity contribution in [3.8, 4) is 5.75 Å². The molecule has 3 rings (SSSR count). The smallest absolute Gasteiger partial charge is 0.147 e. The number of aryl methyl sites for hydroxylation is 1. The number of methoxy groups -OCH3 is 1. The number of rotatable bonds is 4. The lowest BCUT2D eigenvalue weighted by molar-refractivity contribution is 0.413. The van der Waals surface area contributed by atoms with Gasteiger partial charge in [0.15, 0.2) is 0 Å². The van der Waals surface area contributed by atoms with Crippen molar-refractivity contribution in [3.05, 3.63) is 82.0 Å². The SMILES string of the molecule is COc1c(C)cccc1N=C(c1ccccc1)c1cccs1. The molecule has 0 fully saturated rings. The molecular formula is C19H17NOS. The number of benzene rings is 2. The average Bonchev–Trinajstić information content (AvgIpc) is 3.07. The van der Waals surface area contributed by atoms with Gasteiger partial charge >= 0.3 is 0 Å². The first-order valence-electron chi connectivity index (χ1n) is 7.11. The van der Waals surface area contributed by atoms with E-state index in [-0.39, 0.29) is 0 Å². The fraction of sp³-hybridized carbons (Fsp3) is 0.105. The number of thiophene rings is 1. The van der Waals surface area contributed by atoms with Gasteiger partial charge in [-0.1, -0.05) is 48.5 Å². The molecule has 0 aliphatic rings. The highest BCUT2D eigenvalue weighted by Gasteiger charge is 2.11. The van der Waals surface area contributed by atoms with Crippen molar-refractivity contribution in [2.45, 2.75) is 6.92 Å². The Morgan fingerprint density at radius 1 is 0.955 bits per heavy atom. The molecule has 0 saturated carbocycles. The standard InChI is InChI=1S/C19H17NOS/c1-14-8-6-11-16(19(14)21-2)20-18(17-12-7-13-22-17)15-9-4-3-5-10-15/h3-13H,1-2H3. The molecule has 1 aromatic heterocycles. The zero-order chi connectivity index (χ0) is 15.4. The number of hydrogen-bond acceptors (Lipinski definition) is 3. The van der Waals surface area contributed by atoms with Crippen molar-refractivity contribution in [1.29, 1.82) is 0 Å². The minimum atomic E-state index is 0.826. The van der Waals surface area contributed by atoms with Crippen molar-refractivity contribution < 1.29 is 4.74 Å². The first kappa shape index (κ1) is 14.5. The molecule has 0 radical (unpaired) electrons. The van der Waals surface area contributed by atoms with Crippen LogP contribution in [0.1, 0.15) is 16.0 Å². The van der Waals surface area contributed by atoms with Crippen LogP contribution in [0.5, 0.6) is 5.75 Å². The van der Waals surface area contributed by atoms with Gasteiger partial charge in [0.1, 0.15) is 11.4 Å². The van der Waals surface area contributed by atoms with E-state index in [0.717, 1.165) is 33.2 Å². The fourth-order valence-electron chi connectivity index (χ4n) is 2.38. The van der Waals surface area contributed by atoms with E-state index >= 15 is 0 Å². The molecule has 2 aromatic carbocycles. The van der Waals surface area contributed by atoms with Crippen LogP contribution in [0.4, 0.5) is 5.69 Å². The highest BCUT2D eigenvalue weighted by atomic mass is 32.1. The first-order valence-corrected chi connectivity index (χ1v) is 7.99. The van der Waals surface area contributed by atoms with Crippen molar-refractivity contribution in [2.24, 2.45) is 4.99 Å². The molecule has 3 aromatic rings. The molecule has 0 bridgehead atoms. The fourth-order valence-corrected chi connectivity index (χ4v) is 3.12. The molecule has 0 spiro atoms. The van der Waals surface area contributed by atoms with Crippen molar-refractivity contribution >= 4 is 22.7 Å². The summed E-state index contributed by atoms with van der Waals surface area (Å²) in [7, 11) is 1.69. The predicted molar refractivity (Wildman–Crippen MR) is 93.8 cm³/mol. The molecule has 0 saturated heterocycles. The summed E-state index contributed by atoms with van der Waals surface area (Å²) in [6.45, 7) is 2.03. The molecule has 22 heavy (non-hydrogen) atoms. The number of ether oxygens (including phenoxy) is 1. The molecule has 0 aliphatic heterocycles. The van der Waals surface area contributed by atoms with E-state index in [2.05, 4.69) is 23.6 Å². The van der Waals surface area contributed by atoms with Gasteiger partial charge in [-0.2, -0.15) is 0 Å². The Kier molecular flexibility index (Phi) is 4.35. The largest absolute Gasteiger partial charge is 0.494 e. The van der Waals surface area contributed by atoms with Crippen LogP contribution < -0.4 is 4.74 Å². The van der Waals surface area contributed by atoms with Crippen molar-refractivity contribution in [2.75, 3.05) is 7.11 Å². The predicted octanol–water partition coefficient (Wildman–Crippen LogP) is 5.23. The van der Waals surface area contributed by atoms with E-state index in [1.165, 1.54) is 0 Å². The summed E-state index contributed by atoms with van der Waals surface area (Å²) in [6.07, 6.45) is 0. The van der Waals surface area contributed by atoms with Crippen LogP contribution in [0.25, 0.3) is 0 Å². The maximum atomic E-state index is 5.53. The Morgan fingerprint density at radius 2 is 1.77 bits per heavy atom. The number of para-hydroxylation sites is 1. The Labute approximate surface area is 134 Å². The minimum absolute atomic E-state index is 0.826.